The zero-order valence-corrected chi connectivity index (χ0v) is 20.0. The molecule has 6 rings (SSSR count). The average molecular weight is 500 g/mol. The lowest BCUT2D eigenvalue weighted by Crippen LogP contribution is -2.29. The zero-order chi connectivity index (χ0) is 24.6. The molecule has 2 aromatic heterocycles. The Hall–Kier alpha value is -4.37. The van der Waals surface area contributed by atoms with Gasteiger partial charge in [0.25, 0.3) is 0 Å². The van der Waals surface area contributed by atoms with E-state index in [-0.39, 0.29) is 24.8 Å². The first kappa shape index (κ1) is 22.1. The Bertz CT molecular complexity index is 1440. The molecule has 2 aromatic carbocycles. The Kier molecular flexibility index (Phi) is 5.54. The van der Waals surface area contributed by atoms with E-state index in [9.17, 15) is 4.79 Å². The molecule has 4 aromatic rings. The Morgan fingerprint density at radius 3 is 2.67 bits per heavy atom. The number of carbonyl (C=O) groups excluding carboxylic acids is 1. The van der Waals surface area contributed by atoms with E-state index in [1.54, 1.807) is 18.3 Å². The second kappa shape index (κ2) is 9.01. The first-order chi connectivity index (χ1) is 17.6. The van der Waals surface area contributed by atoms with Gasteiger partial charge in [-0.1, -0.05) is 18.2 Å². The second-order valence-electron chi connectivity index (χ2n) is 8.31. The molecule has 1 fully saturated rings. The minimum absolute atomic E-state index is 0.192. The summed E-state index contributed by atoms with van der Waals surface area (Å²) in [4.78, 5) is 18.4. The summed E-state index contributed by atoms with van der Waals surface area (Å²) < 4.78 is 22.3. The third-order valence-corrected chi connectivity index (χ3v) is 6.56. The van der Waals surface area contributed by atoms with Crippen molar-refractivity contribution in [1.29, 1.82) is 0 Å². The number of benzene rings is 2. The quantitative estimate of drug-likeness (QED) is 0.300. The summed E-state index contributed by atoms with van der Waals surface area (Å²) in [5.41, 5.74) is 3.00. The molecular weight excluding hydrogens is 478 g/mol. The first-order valence-corrected chi connectivity index (χ1v) is 11.7. The number of aromatic nitrogens is 1. The Labute approximate surface area is 212 Å². The van der Waals surface area contributed by atoms with Gasteiger partial charge in [0.05, 0.1) is 24.4 Å². The van der Waals surface area contributed by atoms with Crippen LogP contribution in [0, 0.1) is 0 Å². The fraction of sp³-hybridized carbons (Fsp3) is 0.148. The van der Waals surface area contributed by atoms with Crippen molar-refractivity contribution in [2.45, 2.75) is 12.1 Å². The summed E-state index contributed by atoms with van der Waals surface area (Å²) in [7, 11) is 1.36. The predicted molar refractivity (Wildman–Crippen MR) is 136 cm³/mol. The number of thiocarbonyl (C=S) groups is 1. The van der Waals surface area contributed by atoms with Crippen LogP contribution in [0.4, 0.5) is 5.69 Å². The van der Waals surface area contributed by atoms with Gasteiger partial charge in [0, 0.05) is 23.5 Å². The van der Waals surface area contributed by atoms with Crippen LogP contribution in [0.2, 0.25) is 0 Å². The molecule has 36 heavy (non-hydrogen) atoms. The smallest absolute Gasteiger partial charge is 0.337 e. The topological polar surface area (TPSA) is 86.1 Å². The number of methoxy groups -OCH3 is 1. The van der Waals surface area contributed by atoms with Crippen LogP contribution in [0.3, 0.4) is 0 Å². The summed E-state index contributed by atoms with van der Waals surface area (Å²) in [6.45, 7) is 0.192. The number of carbonyl (C=O) groups is 1. The molecule has 2 atom stereocenters. The number of nitrogens with zero attached hydrogens (tertiary/aromatic N) is 2. The predicted octanol–water partition coefficient (Wildman–Crippen LogP) is 5.03. The Morgan fingerprint density at radius 2 is 1.89 bits per heavy atom. The third-order valence-electron chi connectivity index (χ3n) is 6.24. The average Bonchev–Trinajstić information content (AvgIpc) is 3.66. The Morgan fingerprint density at radius 1 is 1.06 bits per heavy atom. The molecule has 9 heteroatoms. The van der Waals surface area contributed by atoms with Gasteiger partial charge in [-0.3, -0.25) is 4.98 Å². The number of ether oxygens (including phenoxy) is 3. The summed E-state index contributed by atoms with van der Waals surface area (Å²) in [5.74, 6) is 2.36. The van der Waals surface area contributed by atoms with Crippen molar-refractivity contribution < 1.29 is 23.4 Å². The number of fused-ring (bicyclic) bond motifs is 1. The fourth-order valence-electron chi connectivity index (χ4n) is 4.51. The highest BCUT2D eigenvalue weighted by Gasteiger charge is 2.43. The number of hydrogen-bond acceptors (Lipinski definition) is 7. The van der Waals surface area contributed by atoms with Crippen LogP contribution in [0.1, 0.15) is 33.9 Å². The number of pyridine rings is 1. The van der Waals surface area contributed by atoms with Gasteiger partial charge in [-0.15, -0.1) is 0 Å². The van der Waals surface area contributed by atoms with E-state index in [2.05, 4.69) is 10.3 Å². The highest BCUT2D eigenvalue weighted by atomic mass is 32.1. The minimum Gasteiger partial charge on any atom is -0.465 e. The molecule has 0 aliphatic carbocycles. The van der Waals surface area contributed by atoms with E-state index in [1.807, 2.05) is 65.6 Å². The number of esters is 1. The van der Waals surface area contributed by atoms with Crippen LogP contribution in [-0.2, 0) is 4.74 Å². The van der Waals surface area contributed by atoms with Crippen LogP contribution in [0.5, 0.6) is 11.5 Å². The zero-order valence-electron chi connectivity index (χ0n) is 19.2. The van der Waals surface area contributed by atoms with E-state index in [4.69, 9.17) is 30.8 Å². The van der Waals surface area contributed by atoms with E-state index in [0.717, 1.165) is 16.9 Å². The summed E-state index contributed by atoms with van der Waals surface area (Å²) in [5, 5.41) is 3.97. The van der Waals surface area contributed by atoms with Gasteiger partial charge in [0.15, 0.2) is 16.6 Å². The van der Waals surface area contributed by atoms with Crippen LogP contribution < -0.4 is 19.7 Å². The van der Waals surface area contributed by atoms with E-state index < -0.39 is 0 Å². The third kappa shape index (κ3) is 3.83. The minimum atomic E-state index is -0.384. The van der Waals surface area contributed by atoms with Crippen molar-refractivity contribution in [3.8, 4) is 22.8 Å². The number of nitrogens with one attached hydrogen (secondary N) is 1. The van der Waals surface area contributed by atoms with Gasteiger partial charge in [0.1, 0.15) is 17.6 Å². The van der Waals surface area contributed by atoms with E-state index in [1.165, 1.54) is 7.11 Å². The molecule has 0 radical (unpaired) electrons. The summed E-state index contributed by atoms with van der Waals surface area (Å²) in [6.07, 6.45) is 1.76. The standard InChI is InChI=1S/C27H21N3O5S/c1-32-26(31)17-7-5-16(6-8-17)20-11-12-22(35-20)25-24(19-4-2-3-13-28-19)29-27(36)30(25)18-9-10-21-23(14-18)34-15-33-21/h2-14,24-25H,15H2,1H3,(H,29,36)/t24-,25-/m1/s1. The lowest BCUT2D eigenvalue weighted by atomic mass is 10.0. The van der Waals surface area contributed by atoms with E-state index in [0.29, 0.717) is 33.7 Å². The normalized spacial score (nSPS) is 18.2. The molecule has 0 spiro atoms. The van der Waals surface area contributed by atoms with Crippen molar-refractivity contribution in [2.24, 2.45) is 0 Å². The first-order valence-electron chi connectivity index (χ1n) is 11.3. The van der Waals surface area contributed by atoms with Crippen LogP contribution in [0.15, 0.2) is 83.4 Å². The monoisotopic (exact) mass is 499 g/mol. The number of rotatable bonds is 5. The molecular formula is C27H21N3O5S. The SMILES string of the molecule is COC(=O)c1ccc(-c2ccc([C@@H]3[C@@H](c4ccccn4)NC(=S)N3c3ccc4c(c3)OCO4)o2)cc1. The molecule has 1 N–H and O–H groups in total. The number of anilines is 1. The van der Waals surface area contributed by atoms with Gasteiger partial charge < -0.3 is 28.8 Å². The number of hydrogen-bond donors (Lipinski definition) is 1. The maximum absolute atomic E-state index is 11.8. The lowest BCUT2D eigenvalue weighted by Gasteiger charge is -2.26. The van der Waals surface area contributed by atoms with Crippen molar-refractivity contribution in [1.82, 2.24) is 10.3 Å². The molecule has 0 saturated carbocycles. The van der Waals surface area contributed by atoms with Crippen molar-refractivity contribution in [3.63, 3.8) is 0 Å². The Balaban J connectivity index is 1.39. The molecule has 8 nitrogen and oxygen atoms in total. The second-order valence-corrected chi connectivity index (χ2v) is 8.69. The highest BCUT2D eigenvalue weighted by Crippen LogP contribution is 2.45. The number of furan rings is 1. The molecule has 0 amide bonds. The fourth-order valence-corrected chi connectivity index (χ4v) is 4.86. The van der Waals surface area contributed by atoms with Gasteiger partial charge in [-0.05, 0) is 60.7 Å². The molecule has 0 bridgehead atoms. The van der Waals surface area contributed by atoms with E-state index >= 15 is 0 Å². The molecule has 4 heterocycles. The van der Waals surface area contributed by atoms with Crippen LogP contribution in [-0.4, -0.2) is 30.0 Å². The summed E-state index contributed by atoms with van der Waals surface area (Å²) in [6, 6.07) is 21.9. The molecule has 2 aliphatic rings. The largest absolute Gasteiger partial charge is 0.465 e. The van der Waals surface area contributed by atoms with Gasteiger partial charge >= 0.3 is 5.97 Å². The van der Waals surface area contributed by atoms with Gasteiger partial charge in [-0.25, -0.2) is 4.79 Å². The highest BCUT2D eigenvalue weighted by molar-refractivity contribution is 7.80. The maximum Gasteiger partial charge on any atom is 0.337 e. The molecule has 2 aliphatic heterocycles. The molecule has 180 valence electrons. The van der Waals surface area contributed by atoms with Crippen molar-refractivity contribution >= 4 is 29.0 Å². The summed E-state index contributed by atoms with van der Waals surface area (Å²) >= 11 is 5.78. The molecule has 1 saturated heterocycles. The maximum atomic E-state index is 11.8. The van der Waals surface area contributed by atoms with Crippen molar-refractivity contribution in [2.75, 3.05) is 18.8 Å². The lowest BCUT2D eigenvalue weighted by molar-refractivity contribution is 0.0600. The van der Waals surface area contributed by atoms with Gasteiger partial charge in [0.2, 0.25) is 6.79 Å². The van der Waals surface area contributed by atoms with Gasteiger partial charge in [-0.2, -0.15) is 0 Å². The molecule has 0 unspecified atom stereocenters. The van der Waals surface area contributed by atoms with Crippen LogP contribution in [0.25, 0.3) is 11.3 Å². The van der Waals surface area contributed by atoms with Crippen LogP contribution >= 0.6 is 12.2 Å². The van der Waals surface area contributed by atoms with Crippen molar-refractivity contribution in [3.05, 3.63) is 96.0 Å².